The van der Waals surface area contributed by atoms with Gasteiger partial charge in [0.2, 0.25) is 5.91 Å². The minimum absolute atomic E-state index is 0.0727. The molecular formula is C20H24N2O3. The molecule has 0 fully saturated rings. The van der Waals surface area contributed by atoms with E-state index in [1.807, 2.05) is 32.0 Å². The molecule has 0 spiro atoms. The molecular weight excluding hydrogens is 316 g/mol. The van der Waals surface area contributed by atoms with Crippen LogP contribution in [0, 0.1) is 6.92 Å². The van der Waals surface area contributed by atoms with Crippen molar-refractivity contribution < 1.29 is 14.7 Å². The number of hydrogen-bond acceptors (Lipinski definition) is 3. The summed E-state index contributed by atoms with van der Waals surface area (Å²) in [5.74, 6) is -0.676. The first-order chi connectivity index (χ1) is 12.0. The number of amides is 2. The molecule has 0 aliphatic heterocycles. The molecule has 0 saturated carbocycles. The maximum absolute atomic E-state index is 12.3. The Bertz CT molecular complexity index is 754. The highest BCUT2D eigenvalue weighted by molar-refractivity contribution is 5.96. The summed E-state index contributed by atoms with van der Waals surface area (Å²) in [6.45, 7) is 3.89. The van der Waals surface area contributed by atoms with Gasteiger partial charge in [0, 0.05) is 11.1 Å². The number of rotatable bonds is 7. The summed E-state index contributed by atoms with van der Waals surface area (Å²) in [4.78, 5) is 23.6. The number of aryl methyl sites for hydroxylation is 1. The van der Waals surface area contributed by atoms with E-state index in [9.17, 15) is 14.7 Å². The lowest BCUT2D eigenvalue weighted by Crippen LogP contribution is -2.37. The molecule has 5 heteroatoms. The Balaban J connectivity index is 2.21. The van der Waals surface area contributed by atoms with Gasteiger partial charge in [-0.25, -0.2) is 0 Å². The van der Waals surface area contributed by atoms with Crippen LogP contribution in [0.5, 0.6) is 0 Å². The molecule has 2 amide bonds. The standard InChI is InChI=1S/C20H24N2O3/c1-3-4-17(12-23)22-20(25)15-9-7-14(8-10-15)18-11-16(19(21)24)6-5-13(18)2/h5-11,17,23H,3-4,12H2,1-2H3,(H2,21,24)(H,22,25)/t17-/m1/s1. The zero-order valence-electron chi connectivity index (χ0n) is 14.6. The van der Waals surface area contributed by atoms with Gasteiger partial charge < -0.3 is 16.2 Å². The van der Waals surface area contributed by atoms with Crippen molar-refractivity contribution in [1.29, 1.82) is 0 Å². The van der Waals surface area contributed by atoms with Crippen LogP contribution in [0.15, 0.2) is 42.5 Å². The molecule has 5 nitrogen and oxygen atoms in total. The molecule has 0 aliphatic carbocycles. The number of carbonyl (C=O) groups excluding carboxylic acids is 2. The molecule has 4 N–H and O–H groups in total. The average molecular weight is 340 g/mol. The van der Waals surface area contributed by atoms with Crippen LogP contribution in [-0.4, -0.2) is 29.6 Å². The smallest absolute Gasteiger partial charge is 0.251 e. The van der Waals surface area contributed by atoms with Crippen molar-refractivity contribution in [1.82, 2.24) is 5.32 Å². The van der Waals surface area contributed by atoms with Gasteiger partial charge in [0.1, 0.15) is 0 Å². The lowest BCUT2D eigenvalue weighted by molar-refractivity contribution is 0.0912. The van der Waals surface area contributed by atoms with Crippen molar-refractivity contribution in [2.45, 2.75) is 32.7 Å². The van der Waals surface area contributed by atoms with Crippen LogP contribution in [0.1, 0.15) is 46.0 Å². The van der Waals surface area contributed by atoms with Gasteiger partial charge in [-0.1, -0.05) is 31.5 Å². The van der Waals surface area contributed by atoms with E-state index in [-0.39, 0.29) is 18.6 Å². The molecule has 2 aromatic rings. The van der Waals surface area contributed by atoms with Crippen molar-refractivity contribution in [3.63, 3.8) is 0 Å². The predicted molar refractivity (Wildman–Crippen MR) is 98.4 cm³/mol. The Labute approximate surface area is 147 Å². The van der Waals surface area contributed by atoms with Crippen LogP contribution in [0.2, 0.25) is 0 Å². The van der Waals surface area contributed by atoms with Crippen LogP contribution in [0.3, 0.4) is 0 Å². The molecule has 0 radical (unpaired) electrons. The summed E-state index contributed by atoms with van der Waals surface area (Å²) in [6.07, 6.45) is 1.62. The van der Waals surface area contributed by atoms with E-state index in [1.54, 1.807) is 24.3 Å². The third-order valence-corrected chi connectivity index (χ3v) is 4.17. The highest BCUT2D eigenvalue weighted by atomic mass is 16.3. The zero-order chi connectivity index (χ0) is 18.4. The number of nitrogens with one attached hydrogen (secondary N) is 1. The maximum Gasteiger partial charge on any atom is 0.251 e. The molecule has 0 unspecified atom stereocenters. The largest absolute Gasteiger partial charge is 0.394 e. The Morgan fingerprint density at radius 3 is 2.32 bits per heavy atom. The van der Waals surface area contributed by atoms with E-state index in [1.165, 1.54) is 0 Å². The van der Waals surface area contributed by atoms with Crippen molar-refractivity contribution >= 4 is 11.8 Å². The van der Waals surface area contributed by atoms with Gasteiger partial charge in [-0.3, -0.25) is 9.59 Å². The van der Waals surface area contributed by atoms with E-state index in [4.69, 9.17) is 5.73 Å². The molecule has 0 bridgehead atoms. The lowest BCUT2D eigenvalue weighted by Gasteiger charge is -2.15. The molecule has 0 aliphatic rings. The molecule has 25 heavy (non-hydrogen) atoms. The highest BCUT2D eigenvalue weighted by Crippen LogP contribution is 2.25. The van der Waals surface area contributed by atoms with E-state index >= 15 is 0 Å². The highest BCUT2D eigenvalue weighted by Gasteiger charge is 2.13. The van der Waals surface area contributed by atoms with Gasteiger partial charge in [-0.2, -0.15) is 0 Å². The Morgan fingerprint density at radius 2 is 1.76 bits per heavy atom. The second-order valence-corrected chi connectivity index (χ2v) is 6.11. The van der Waals surface area contributed by atoms with Crippen LogP contribution < -0.4 is 11.1 Å². The van der Waals surface area contributed by atoms with E-state index in [0.717, 1.165) is 29.5 Å². The van der Waals surface area contributed by atoms with Crippen molar-refractivity contribution in [2.75, 3.05) is 6.61 Å². The fourth-order valence-electron chi connectivity index (χ4n) is 2.71. The first kappa shape index (κ1) is 18.7. The first-order valence-electron chi connectivity index (χ1n) is 8.38. The van der Waals surface area contributed by atoms with Gasteiger partial charge in [0.05, 0.1) is 12.6 Å². The van der Waals surface area contributed by atoms with Crippen molar-refractivity contribution in [2.24, 2.45) is 5.73 Å². The molecule has 0 saturated heterocycles. The van der Waals surface area contributed by atoms with Crippen LogP contribution >= 0.6 is 0 Å². The van der Waals surface area contributed by atoms with E-state index < -0.39 is 5.91 Å². The number of aliphatic hydroxyl groups excluding tert-OH is 1. The Hall–Kier alpha value is -2.66. The summed E-state index contributed by atoms with van der Waals surface area (Å²) < 4.78 is 0. The normalized spacial score (nSPS) is 11.8. The van der Waals surface area contributed by atoms with Crippen molar-refractivity contribution in [3.8, 4) is 11.1 Å². The van der Waals surface area contributed by atoms with Gasteiger partial charge in [-0.05, 0) is 54.3 Å². The zero-order valence-corrected chi connectivity index (χ0v) is 14.6. The Kier molecular flexibility index (Phi) is 6.31. The maximum atomic E-state index is 12.3. The minimum Gasteiger partial charge on any atom is -0.394 e. The fraction of sp³-hybridized carbons (Fsp3) is 0.300. The summed E-state index contributed by atoms with van der Waals surface area (Å²) in [5, 5.41) is 12.1. The summed E-state index contributed by atoms with van der Waals surface area (Å²) in [7, 11) is 0. The third kappa shape index (κ3) is 4.67. The quantitative estimate of drug-likeness (QED) is 0.723. The first-order valence-corrected chi connectivity index (χ1v) is 8.38. The fourth-order valence-corrected chi connectivity index (χ4v) is 2.71. The molecule has 2 aromatic carbocycles. The number of carbonyl (C=O) groups is 2. The topological polar surface area (TPSA) is 92.4 Å². The number of primary amides is 1. The minimum atomic E-state index is -0.469. The summed E-state index contributed by atoms with van der Waals surface area (Å²) in [6, 6.07) is 12.2. The van der Waals surface area contributed by atoms with Crippen LogP contribution in [0.4, 0.5) is 0 Å². The number of hydrogen-bond donors (Lipinski definition) is 3. The van der Waals surface area contributed by atoms with Gasteiger partial charge >= 0.3 is 0 Å². The molecule has 132 valence electrons. The van der Waals surface area contributed by atoms with E-state index in [2.05, 4.69) is 5.32 Å². The lowest BCUT2D eigenvalue weighted by atomic mass is 9.97. The molecule has 2 rings (SSSR count). The average Bonchev–Trinajstić information content (AvgIpc) is 2.61. The van der Waals surface area contributed by atoms with E-state index in [0.29, 0.717) is 11.1 Å². The third-order valence-electron chi connectivity index (χ3n) is 4.17. The van der Waals surface area contributed by atoms with Crippen LogP contribution in [-0.2, 0) is 0 Å². The van der Waals surface area contributed by atoms with Gasteiger partial charge in [0.15, 0.2) is 0 Å². The monoisotopic (exact) mass is 340 g/mol. The SMILES string of the molecule is CCC[C@H](CO)NC(=O)c1ccc(-c2cc(C(N)=O)ccc2C)cc1. The van der Waals surface area contributed by atoms with Crippen LogP contribution in [0.25, 0.3) is 11.1 Å². The molecule has 0 heterocycles. The summed E-state index contributed by atoms with van der Waals surface area (Å²) >= 11 is 0. The second kappa shape index (κ2) is 8.44. The molecule has 1 atom stereocenters. The molecule has 0 aromatic heterocycles. The predicted octanol–water partition coefficient (Wildman–Crippen LogP) is 2.65. The number of nitrogens with two attached hydrogens (primary N) is 1. The van der Waals surface area contributed by atoms with Gasteiger partial charge in [-0.15, -0.1) is 0 Å². The number of aliphatic hydroxyl groups is 1. The van der Waals surface area contributed by atoms with Crippen molar-refractivity contribution in [3.05, 3.63) is 59.2 Å². The van der Waals surface area contributed by atoms with Gasteiger partial charge in [0.25, 0.3) is 5.91 Å². The number of benzene rings is 2. The second-order valence-electron chi connectivity index (χ2n) is 6.11. The summed E-state index contributed by atoms with van der Waals surface area (Å²) in [5.41, 5.74) is 9.16. The Morgan fingerprint density at radius 1 is 1.12 bits per heavy atom.